The van der Waals surface area contributed by atoms with Gasteiger partial charge in [-0.1, -0.05) is 48.5 Å². The van der Waals surface area contributed by atoms with Gasteiger partial charge in [0.2, 0.25) is 0 Å². The Kier molecular flexibility index (Phi) is 6.22. The van der Waals surface area contributed by atoms with Gasteiger partial charge in [-0.15, -0.1) is 0 Å². The van der Waals surface area contributed by atoms with Crippen molar-refractivity contribution in [1.82, 2.24) is 10.3 Å². The maximum absolute atomic E-state index is 13.3. The summed E-state index contributed by atoms with van der Waals surface area (Å²) in [6.45, 7) is -0.594. The third-order valence-corrected chi connectivity index (χ3v) is 5.85. The average molecular weight is 466 g/mol. The Morgan fingerprint density at radius 2 is 1.77 bits per heavy atom. The number of carbonyl (C=O) groups is 3. The van der Waals surface area contributed by atoms with Gasteiger partial charge in [0.25, 0.3) is 11.8 Å². The van der Waals surface area contributed by atoms with E-state index in [0.717, 1.165) is 35.2 Å². The predicted molar refractivity (Wildman–Crippen MR) is 130 cm³/mol. The number of allylic oxidation sites excluding steroid dienone is 1. The summed E-state index contributed by atoms with van der Waals surface area (Å²) in [4.78, 5) is 42.4. The molecule has 2 heterocycles. The number of fused-ring (bicyclic) bond motifs is 2. The van der Waals surface area contributed by atoms with Gasteiger partial charge in [0, 0.05) is 5.39 Å². The van der Waals surface area contributed by atoms with Crippen molar-refractivity contribution < 1.29 is 23.5 Å². The van der Waals surface area contributed by atoms with Gasteiger partial charge in [-0.25, -0.2) is 9.78 Å². The first kappa shape index (κ1) is 22.3. The molecule has 0 radical (unpaired) electrons. The van der Waals surface area contributed by atoms with E-state index in [4.69, 9.17) is 14.1 Å². The SMILES string of the molecule is O=C(COC(=O)c1c2c(nc3ccccc13)/C(=C/c1ccccc1)CCC2)NC(=O)c1ccco1. The van der Waals surface area contributed by atoms with Crippen LogP contribution < -0.4 is 5.32 Å². The Balaban J connectivity index is 1.44. The molecule has 7 nitrogen and oxygen atoms in total. The molecule has 4 aromatic rings. The second kappa shape index (κ2) is 9.77. The second-order valence-electron chi connectivity index (χ2n) is 8.20. The van der Waals surface area contributed by atoms with Gasteiger partial charge in [-0.2, -0.15) is 0 Å². The first-order valence-electron chi connectivity index (χ1n) is 11.3. The van der Waals surface area contributed by atoms with Crippen molar-refractivity contribution in [3.63, 3.8) is 0 Å². The van der Waals surface area contributed by atoms with Gasteiger partial charge < -0.3 is 9.15 Å². The fraction of sp³-hybridized carbons (Fsp3) is 0.143. The molecule has 0 saturated carbocycles. The van der Waals surface area contributed by atoms with E-state index in [1.54, 1.807) is 0 Å². The molecule has 0 fully saturated rings. The zero-order chi connectivity index (χ0) is 24.2. The molecule has 0 bridgehead atoms. The van der Waals surface area contributed by atoms with Crippen LogP contribution in [-0.4, -0.2) is 29.4 Å². The summed E-state index contributed by atoms with van der Waals surface area (Å²) in [5, 5.41) is 2.82. The van der Waals surface area contributed by atoms with Crippen LogP contribution in [0.15, 0.2) is 77.4 Å². The lowest BCUT2D eigenvalue weighted by molar-refractivity contribution is -0.123. The lowest BCUT2D eigenvalue weighted by atomic mass is 9.86. The summed E-state index contributed by atoms with van der Waals surface area (Å²) in [7, 11) is 0. The maximum Gasteiger partial charge on any atom is 0.339 e. The second-order valence-corrected chi connectivity index (χ2v) is 8.20. The van der Waals surface area contributed by atoms with Gasteiger partial charge in [0.15, 0.2) is 12.4 Å². The summed E-state index contributed by atoms with van der Waals surface area (Å²) < 4.78 is 10.3. The molecule has 0 saturated heterocycles. The van der Waals surface area contributed by atoms with E-state index in [1.165, 1.54) is 18.4 Å². The van der Waals surface area contributed by atoms with Crippen molar-refractivity contribution in [1.29, 1.82) is 0 Å². The van der Waals surface area contributed by atoms with Crippen LogP contribution in [0, 0.1) is 0 Å². The Morgan fingerprint density at radius 3 is 2.57 bits per heavy atom. The number of ether oxygens (including phenoxy) is 1. The number of rotatable bonds is 5. The Labute approximate surface area is 201 Å². The zero-order valence-corrected chi connectivity index (χ0v) is 18.8. The van der Waals surface area contributed by atoms with E-state index < -0.39 is 24.4 Å². The molecule has 1 aliphatic carbocycles. The number of para-hydroxylation sites is 1. The van der Waals surface area contributed by atoms with Crippen LogP contribution in [0.5, 0.6) is 0 Å². The normalized spacial score (nSPS) is 13.9. The van der Waals surface area contributed by atoms with Crippen molar-refractivity contribution in [2.75, 3.05) is 6.61 Å². The molecule has 2 amide bonds. The third-order valence-electron chi connectivity index (χ3n) is 5.85. The van der Waals surface area contributed by atoms with Crippen LogP contribution in [0.1, 0.15) is 50.6 Å². The third kappa shape index (κ3) is 4.75. The number of hydrogen-bond acceptors (Lipinski definition) is 6. The largest absolute Gasteiger partial charge is 0.459 e. The van der Waals surface area contributed by atoms with E-state index >= 15 is 0 Å². The highest BCUT2D eigenvalue weighted by atomic mass is 16.5. The molecular weight excluding hydrogens is 444 g/mol. The number of nitrogens with zero attached hydrogens (tertiary/aromatic N) is 1. The first-order valence-corrected chi connectivity index (χ1v) is 11.3. The van der Waals surface area contributed by atoms with Gasteiger partial charge >= 0.3 is 5.97 Å². The molecule has 1 aliphatic rings. The minimum Gasteiger partial charge on any atom is -0.459 e. The van der Waals surface area contributed by atoms with E-state index in [1.807, 2.05) is 54.6 Å². The number of furan rings is 1. The molecule has 35 heavy (non-hydrogen) atoms. The molecule has 0 aliphatic heterocycles. The highest BCUT2D eigenvalue weighted by molar-refractivity contribution is 6.08. The fourth-order valence-electron chi connectivity index (χ4n) is 4.29. The molecule has 2 aromatic carbocycles. The average Bonchev–Trinajstić information content (AvgIpc) is 3.42. The van der Waals surface area contributed by atoms with E-state index in [0.29, 0.717) is 22.9 Å². The molecule has 7 heteroatoms. The molecule has 5 rings (SSSR count). The molecular formula is C28H22N2O5. The van der Waals surface area contributed by atoms with Crippen molar-refractivity contribution in [3.8, 4) is 0 Å². The van der Waals surface area contributed by atoms with Gasteiger partial charge in [0.05, 0.1) is 23.0 Å². The first-order chi connectivity index (χ1) is 17.1. The minimum absolute atomic E-state index is 0.00314. The van der Waals surface area contributed by atoms with Gasteiger partial charge in [-0.05, 0) is 60.2 Å². The van der Waals surface area contributed by atoms with Crippen molar-refractivity contribution in [2.45, 2.75) is 19.3 Å². The number of esters is 1. The summed E-state index contributed by atoms with van der Waals surface area (Å²) in [6.07, 6.45) is 5.82. The van der Waals surface area contributed by atoms with Crippen LogP contribution in [-0.2, 0) is 16.0 Å². The van der Waals surface area contributed by atoms with E-state index in [9.17, 15) is 14.4 Å². The lowest BCUT2D eigenvalue weighted by Gasteiger charge is -2.22. The minimum atomic E-state index is -0.739. The van der Waals surface area contributed by atoms with E-state index in [2.05, 4.69) is 11.4 Å². The predicted octanol–water partition coefficient (Wildman–Crippen LogP) is 4.82. The zero-order valence-electron chi connectivity index (χ0n) is 18.8. The number of amides is 2. The van der Waals surface area contributed by atoms with Gasteiger partial charge in [0.1, 0.15) is 0 Å². The van der Waals surface area contributed by atoms with E-state index in [-0.39, 0.29) is 5.76 Å². The Morgan fingerprint density at radius 1 is 0.971 bits per heavy atom. The number of nitrogens with one attached hydrogen (secondary N) is 1. The van der Waals surface area contributed by atoms with Crippen LogP contribution >= 0.6 is 0 Å². The lowest BCUT2D eigenvalue weighted by Crippen LogP contribution is -2.34. The quantitative estimate of drug-likeness (QED) is 0.424. The number of imide groups is 1. The van der Waals surface area contributed by atoms with Crippen LogP contribution in [0.4, 0.5) is 0 Å². The van der Waals surface area contributed by atoms with Crippen molar-refractivity contribution >= 4 is 40.3 Å². The maximum atomic E-state index is 13.3. The standard InChI is InChI=1S/C28H22N2O5/c31-24(30-27(32)23-14-7-15-34-23)17-35-28(33)25-20-11-4-5-13-22(20)29-26-19(10-6-12-21(25)26)16-18-8-2-1-3-9-18/h1-5,7-9,11,13-16H,6,10,12,17H2,(H,30,31,32)/b19-16+. The number of pyridine rings is 1. The van der Waals surface area contributed by atoms with Gasteiger partial charge in [-0.3, -0.25) is 14.9 Å². The monoisotopic (exact) mass is 466 g/mol. The van der Waals surface area contributed by atoms with Crippen LogP contribution in [0.3, 0.4) is 0 Å². The Hall–Kier alpha value is -4.52. The fourth-order valence-corrected chi connectivity index (χ4v) is 4.29. The molecule has 0 unspecified atom stereocenters. The topological polar surface area (TPSA) is 98.5 Å². The van der Waals surface area contributed by atoms with Crippen LogP contribution in [0.25, 0.3) is 22.6 Å². The molecule has 2 aromatic heterocycles. The molecule has 0 spiro atoms. The van der Waals surface area contributed by atoms with Crippen molar-refractivity contribution in [3.05, 3.63) is 101 Å². The Bertz CT molecular complexity index is 1440. The highest BCUT2D eigenvalue weighted by Gasteiger charge is 2.26. The molecule has 1 N–H and O–H groups in total. The summed E-state index contributed by atoms with van der Waals surface area (Å²) in [6, 6.07) is 20.4. The molecule has 174 valence electrons. The number of hydrogen-bond donors (Lipinski definition) is 1. The number of benzene rings is 2. The van der Waals surface area contributed by atoms with Crippen LogP contribution in [0.2, 0.25) is 0 Å². The summed E-state index contributed by atoms with van der Waals surface area (Å²) in [5.41, 5.74) is 4.80. The summed E-state index contributed by atoms with van der Waals surface area (Å²) in [5.74, 6) is -2.06. The number of aromatic nitrogens is 1. The molecule has 0 atom stereocenters. The smallest absolute Gasteiger partial charge is 0.339 e. The van der Waals surface area contributed by atoms with Crippen molar-refractivity contribution in [2.24, 2.45) is 0 Å². The highest BCUT2D eigenvalue weighted by Crippen LogP contribution is 2.36. The summed E-state index contributed by atoms with van der Waals surface area (Å²) >= 11 is 0. The number of carbonyl (C=O) groups excluding carboxylic acids is 3.